The van der Waals surface area contributed by atoms with Gasteiger partial charge in [-0.05, 0) is 17.7 Å². The number of anilines is 1. The summed E-state index contributed by atoms with van der Waals surface area (Å²) in [6.45, 7) is 1.55. The molecular weight excluding hydrogens is 220 g/mol. The molecule has 94 valence electrons. The van der Waals surface area contributed by atoms with Crippen molar-refractivity contribution in [2.75, 3.05) is 32.2 Å². The minimum absolute atomic E-state index is 0.0325. The SMILES string of the molecule is COC1CN(c2cc(CO)ccn2)CC1OC. The van der Waals surface area contributed by atoms with Gasteiger partial charge in [0.15, 0.2) is 0 Å². The maximum atomic E-state index is 9.11. The van der Waals surface area contributed by atoms with E-state index in [1.54, 1.807) is 26.5 Å². The van der Waals surface area contributed by atoms with Crippen molar-refractivity contribution >= 4 is 5.82 Å². The minimum Gasteiger partial charge on any atom is -0.392 e. The summed E-state index contributed by atoms with van der Waals surface area (Å²) in [5.41, 5.74) is 0.866. The van der Waals surface area contributed by atoms with E-state index in [9.17, 15) is 0 Å². The van der Waals surface area contributed by atoms with Crippen LogP contribution in [-0.4, -0.2) is 49.6 Å². The van der Waals surface area contributed by atoms with E-state index in [2.05, 4.69) is 9.88 Å². The van der Waals surface area contributed by atoms with E-state index in [0.717, 1.165) is 24.5 Å². The summed E-state index contributed by atoms with van der Waals surface area (Å²) in [6, 6.07) is 3.70. The summed E-state index contributed by atoms with van der Waals surface area (Å²) >= 11 is 0. The van der Waals surface area contributed by atoms with Crippen LogP contribution in [0.2, 0.25) is 0 Å². The molecule has 2 unspecified atom stereocenters. The van der Waals surface area contributed by atoms with Crippen LogP contribution >= 0.6 is 0 Å². The molecular formula is C12H18N2O3. The number of hydrogen-bond donors (Lipinski definition) is 1. The smallest absolute Gasteiger partial charge is 0.129 e. The van der Waals surface area contributed by atoms with Crippen molar-refractivity contribution in [1.82, 2.24) is 4.98 Å². The van der Waals surface area contributed by atoms with Crippen LogP contribution in [-0.2, 0) is 16.1 Å². The van der Waals surface area contributed by atoms with Crippen molar-refractivity contribution in [2.24, 2.45) is 0 Å². The van der Waals surface area contributed by atoms with Gasteiger partial charge in [-0.2, -0.15) is 0 Å². The van der Waals surface area contributed by atoms with Gasteiger partial charge in [-0.15, -0.1) is 0 Å². The van der Waals surface area contributed by atoms with Gasteiger partial charge in [-0.3, -0.25) is 0 Å². The lowest BCUT2D eigenvalue weighted by atomic mass is 10.3. The summed E-state index contributed by atoms with van der Waals surface area (Å²) in [7, 11) is 3.38. The molecule has 5 heteroatoms. The van der Waals surface area contributed by atoms with Gasteiger partial charge in [0.05, 0.1) is 6.61 Å². The Hall–Kier alpha value is -1.17. The number of methoxy groups -OCH3 is 2. The number of hydrogen-bond acceptors (Lipinski definition) is 5. The number of pyridine rings is 1. The molecule has 0 aromatic carbocycles. The molecule has 2 rings (SSSR count). The molecule has 1 aromatic heterocycles. The molecule has 0 spiro atoms. The number of rotatable bonds is 4. The first kappa shape index (κ1) is 12.3. The van der Waals surface area contributed by atoms with Gasteiger partial charge in [-0.25, -0.2) is 4.98 Å². The van der Waals surface area contributed by atoms with Crippen molar-refractivity contribution in [2.45, 2.75) is 18.8 Å². The van der Waals surface area contributed by atoms with Crippen LogP contribution in [0.4, 0.5) is 5.82 Å². The molecule has 0 aliphatic carbocycles. The average molecular weight is 238 g/mol. The van der Waals surface area contributed by atoms with E-state index in [0.29, 0.717) is 0 Å². The Balaban J connectivity index is 2.13. The molecule has 17 heavy (non-hydrogen) atoms. The molecule has 1 aromatic rings. The van der Waals surface area contributed by atoms with Crippen LogP contribution in [0.25, 0.3) is 0 Å². The molecule has 1 N–H and O–H groups in total. The zero-order valence-electron chi connectivity index (χ0n) is 10.2. The highest BCUT2D eigenvalue weighted by Gasteiger charge is 2.33. The van der Waals surface area contributed by atoms with Crippen LogP contribution in [0, 0.1) is 0 Å². The van der Waals surface area contributed by atoms with Crippen LogP contribution < -0.4 is 4.90 Å². The Kier molecular flexibility index (Phi) is 3.93. The molecule has 2 heterocycles. The Morgan fingerprint density at radius 3 is 2.53 bits per heavy atom. The number of ether oxygens (including phenoxy) is 2. The molecule has 0 amide bonds. The summed E-state index contributed by atoms with van der Waals surface area (Å²) < 4.78 is 10.8. The molecule has 1 aliphatic rings. The highest BCUT2D eigenvalue weighted by Crippen LogP contribution is 2.22. The zero-order chi connectivity index (χ0) is 12.3. The second kappa shape index (κ2) is 5.44. The van der Waals surface area contributed by atoms with Gasteiger partial charge in [0.1, 0.15) is 18.0 Å². The Labute approximate surface area is 101 Å². The summed E-state index contributed by atoms with van der Waals surface area (Å²) in [5, 5.41) is 9.11. The van der Waals surface area contributed by atoms with Gasteiger partial charge >= 0.3 is 0 Å². The zero-order valence-corrected chi connectivity index (χ0v) is 10.2. The van der Waals surface area contributed by atoms with Crippen LogP contribution in [0.15, 0.2) is 18.3 Å². The Bertz CT molecular complexity index is 361. The first-order valence-electron chi connectivity index (χ1n) is 5.64. The van der Waals surface area contributed by atoms with E-state index >= 15 is 0 Å². The van der Waals surface area contributed by atoms with Crippen LogP contribution in [0.1, 0.15) is 5.56 Å². The van der Waals surface area contributed by atoms with Crippen molar-refractivity contribution < 1.29 is 14.6 Å². The fraction of sp³-hybridized carbons (Fsp3) is 0.583. The van der Waals surface area contributed by atoms with Crippen LogP contribution in [0.3, 0.4) is 0 Å². The Morgan fingerprint density at radius 2 is 2.00 bits per heavy atom. The first-order valence-corrected chi connectivity index (χ1v) is 5.64. The normalized spacial score (nSPS) is 24.3. The monoisotopic (exact) mass is 238 g/mol. The maximum Gasteiger partial charge on any atom is 0.129 e. The summed E-state index contributed by atoms with van der Waals surface area (Å²) in [5.74, 6) is 0.859. The third-order valence-corrected chi connectivity index (χ3v) is 3.14. The Morgan fingerprint density at radius 1 is 1.35 bits per heavy atom. The average Bonchev–Trinajstić information content (AvgIpc) is 2.82. The lowest BCUT2D eigenvalue weighted by molar-refractivity contribution is -0.00461. The number of nitrogens with zero attached hydrogens (tertiary/aromatic N) is 2. The van der Waals surface area contributed by atoms with Crippen molar-refractivity contribution in [3.8, 4) is 0 Å². The largest absolute Gasteiger partial charge is 0.392 e. The van der Waals surface area contributed by atoms with E-state index in [-0.39, 0.29) is 18.8 Å². The van der Waals surface area contributed by atoms with Gasteiger partial charge < -0.3 is 19.5 Å². The number of aliphatic hydroxyl groups is 1. The molecule has 1 saturated heterocycles. The number of aliphatic hydroxyl groups excluding tert-OH is 1. The molecule has 0 radical (unpaired) electrons. The molecule has 1 fully saturated rings. The van der Waals surface area contributed by atoms with Gasteiger partial charge in [0.2, 0.25) is 0 Å². The third-order valence-electron chi connectivity index (χ3n) is 3.14. The molecule has 2 atom stereocenters. The highest BCUT2D eigenvalue weighted by atomic mass is 16.5. The quantitative estimate of drug-likeness (QED) is 0.824. The molecule has 1 aliphatic heterocycles. The van der Waals surface area contributed by atoms with E-state index in [4.69, 9.17) is 14.6 Å². The predicted octanol–water partition coefficient (Wildman–Crippen LogP) is 0.424. The van der Waals surface area contributed by atoms with Crippen molar-refractivity contribution in [3.05, 3.63) is 23.9 Å². The summed E-state index contributed by atoms with van der Waals surface area (Å²) in [6.07, 6.45) is 1.85. The molecule has 0 saturated carbocycles. The lowest BCUT2D eigenvalue weighted by Gasteiger charge is -2.17. The topological polar surface area (TPSA) is 54.8 Å². The van der Waals surface area contributed by atoms with Crippen molar-refractivity contribution in [3.63, 3.8) is 0 Å². The van der Waals surface area contributed by atoms with Crippen molar-refractivity contribution in [1.29, 1.82) is 0 Å². The predicted molar refractivity (Wildman–Crippen MR) is 64.0 cm³/mol. The minimum atomic E-state index is 0.0325. The van der Waals surface area contributed by atoms with E-state index in [1.807, 2.05) is 6.07 Å². The van der Waals surface area contributed by atoms with Gasteiger partial charge in [0, 0.05) is 33.5 Å². The number of aromatic nitrogens is 1. The molecule has 0 bridgehead atoms. The lowest BCUT2D eigenvalue weighted by Crippen LogP contribution is -2.27. The second-order valence-corrected chi connectivity index (χ2v) is 4.13. The van der Waals surface area contributed by atoms with Crippen LogP contribution in [0.5, 0.6) is 0 Å². The highest BCUT2D eigenvalue weighted by molar-refractivity contribution is 5.42. The maximum absolute atomic E-state index is 9.11. The van der Waals surface area contributed by atoms with E-state index < -0.39 is 0 Å². The van der Waals surface area contributed by atoms with Gasteiger partial charge in [0.25, 0.3) is 0 Å². The van der Waals surface area contributed by atoms with E-state index in [1.165, 1.54) is 0 Å². The standard InChI is InChI=1S/C12H18N2O3/c1-16-10-6-14(7-11(10)17-2)12-5-9(8-15)3-4-13-12/h3-5,10-11,15H,6-8H2,1-2H3. The first-order chi connectivity index (χ1) is 8.28. The fourth-order valence-corrected chi connectivity index (χ4v) is 2.12. The fourth-order valence-electron chi connectivity index (χ4n) is 2.12. The summed E-state index contributed by atoms with van der Waals surface area (Å²) in [4.78, 5) is 6.42. The third kappa shape index (κ3) is 2.57. The molecule has 5 nitrogen and oxygen atoms in total. The van der Waals surface area contributed by atoms with Gasteiger partial charge in [-0.1, -0.05) is 0 Å². The second-order valence-electron chi connectivity index (χ2n) is 4.13.